The number of ether oxygens (including phenoxy) is 1. The molecule has 3 aromatic carbocycles. The van der Waals surface area contributed by atoms with E-state index in [1.54, 1.807) is 37.3 Å². The van der Waals surface area contributed by atoms with Crippen LogP contribution in [0.25, 0.3) is 0 Å². The van der Waals surface area contributed by atoms with Crippen LogP contribution in [0.2, 0.25) is 0 Å². The molecule has 0 bridgehead atoms. The topological polar surface area (TPSA) is 96.0 Å². The molecule has 0 saturated heterocycles. The Bertz CT molecular complexity index is 1410. The van der Waals surface area contributed by atoms with E-state index in [4.69, 9.17) is 4.74 Å². The van der Waals surface area contributed by atoms with Crippen LogP contribution in [-0.2, 0) is 26.2 Å². The van der Waals surface area contributed by atoms with Crippen molar-refractivity contribution in [3.05, 3.63) is 89.5 Å². The highest BCUT2D eigenvalue weighted by molar-refractivity contribution is 7.92. The zero-order valence-corrected chi connectivity index (χ0v) is 24.9. The fraction of sp³-hybridized carbons (Fsp3) is 0.355. The minimum Gasteiger partial charge on any atom is -0.495 e. The number of amides is 2. The maximum Gasteiger partial charge on any atom is 0.264 e. The molecule has 0 radical (unpaired) electrons. The van der Waals surface area contributed by atoms with Gasteiger partial charge in [-0.1, -0.05) is 67.9 Å². The molecule has 3 aromatic rings. The summed E-state index contributed by atoms with van der Waals surface area (Å²) in [6, 6.07) is 19.9. The number of carbonyl (C=O) groups excluding carboxylic acids is 2. The molecule has 0 aliphatic heterocycles. The summed E-state index contributed by atoms with van der Waals surface area (Å²) in [6.07, 6.45) is 0. The largest absolute Gasteiger partial charge is 0.495 e. The van der Waals surface area contributed by atoms with Crippen LogP contribution in [-0.4, -0.2) is 51.4 Å². The molecule has 0 aliphatic carbocycles. The normalized spacial score (nSPS) is 12.1. The Morgan fingerprint density at radius 3 is 2.12 bits per heavy atom. The van der Waals surface area contributed by atoms with Gasteiger partial charge in [-0.3, -0.25) is 13.9 Å². The number of sulfonamides is 1. The minimum atomic E-state index is -4.17. The maximum atomic E-state index is 14.0. The average Bonchev–Trinajstić information content (AvgIpc) is 2.94. The van der Waals surface area contributed by atoms with Crippen molar-refractivity contribution < 1.29 is 22.7 Å². The van der Waals surface area contributed by atoms with Gasteiger partial charge in [0, 0.05) is 13.1 Å². The van der Waals surface area contributed by atoms with E-state index in [0.717, 1.165) is 21.0 Å². The van der Waals surface area contributed by atoms with Gasteiger partial charge in [-0.15, -0.1) is 0 Å². The van der Waals surface area contributed by atoms with Gasteiger partial charge in [-0.25, -0.2) is 8.42 Å². The molecule has 0 fully saturated rings. The second kappa shape index (κ2) is 13.5. The van der Waals surface area contributed by atoms with E-state index in [-0.39, 0.29) is 29.0 Å². The second-order valence-corrected chi connectivity index (χ2v) is 12.2. The van der Waals surface area contributed by atoms with E-state index >= 15 is 0 Å². The van der Waals surface area contributed by atoms with Crippen molar-refractivity contribution in [2.24, 2.45) is 5.92 Å². The predicted octanol–water partition coefficient (Wildman–Crippen LogP) is 4.70. The van der Waals surface area contributed by atoms with E-state index in [1.807, 2.05) is 58.0 Å². The highest BCUT2D eigenvalue weighted by Gasteiger charge is 2.33. The third-order valence-corrected chi connectivity index (χ3v) is 8.31. The smallest absolute Gasteiger partial charge is 0.264 e. The molecule has 2 amide bonds. The van der Waals surface area contributed by atoms with Crippen molar-refractivity contribution in [1.82, 2.24) is 10.2 Å². The highest BCUT2D eigenvalue weighted by Crippen LogP contribution is 2.33. The van der Waals surface area contributed by atoms with E-state index in [9.17, 15) is 18.0 Å². The van der Waals surface area contributed by atoms with Gasteiger partial charge >= 0.3 is 0 Å². The van der Waals surface area contributed by atoms with E-state index < -0.39 is 28.5 Å². The summed E-state index contributed by atoms with van der Waals surface area (Å²) in [5.41, 5.74) is 2.94. The third-order valence-electron chi connectivity index (χ3n) is 6.54. The molecule has 0 spiro atoms. The number of hydrogen-bond donors (Lipinski definition) is 1. The van der Waals surface area contributed by atoms with E-state index in [2.05, 4.69) is 5.32 Å². The van der Waals surface area contributed by atoms with E-state index in [0.29, 0.717) is 12.3 Å². The highest BCUT2D eigenvalue weighted by atomic mass is 32.2. The first kappa shape index (κ1) is 30.7. The lowest BCUT2D eigenvalue weighted by molar-refractivity contribution is -0.139. The minimum absolute atomic E-state index is 0.0409. The molecule has 1 N–H and O–H groups in total. The van der Waals surface area contributed by atoms with Gasteiger partial charge in [0.15, 0.2) is 0 Å². The summed E-state index contributed by atoms with van der Waals surface area (Å²) in [5.74, 6) is -0.279. The van der Waals surface area contributed by atoms with Gasteiger partial charge in [0.1, 0.15) is 18.3 Å². The number of anilines is 1. The molecule has 0 aromatic heterocycles. The number of rotatable bonds is 12. The van der Waals surface area contributed by atoms with E-state index in [1.165, 1.54) is 24.1 Å². The lowest BCUT2D eigenvalue weighted by atomic mass is 10.1. The molecular weight excluding hydrogens is 526 g/mol. The molecule has 0 unspecified atom stereocenters. The van der Waals surface area contributed by atoms with Crippen molar-refractivity contribution in [2.45, 2.75) is 52.1 Å². The summed E-state index contributed by atoms with van der Waals surface area (Å²) in [7, 11) is -2.72. The molecule has 1 atom stereocenters. The Morgan fingerprint density at radius 1 is 0.900 bits per heavy atom. The maximum absolute atomic E-state index is 14.0. The average molecular weight is 566 g/mol. The first-order valence-corrected chi connectivity index (χ1v) is 14.7. The molecule has 0 aliphatic rings. The van der Waals surface area contributed by atoms with Gasteiger partial charge in [-0.2, -0.15) is 0 Å². The van der Waals surface area contributed by atoms with Crippen LogP contribution in [0.1, 0.15) is 37.5 Å². The Balaban J connectivity index is 2.06. The molecule has 0 saturated carbocycles. The number of nitrogens with zero attached hydrogens (tertiary/aromatic N) is 2. The molecule has 3 rings (SSSR count). The molecule has 40 heavy (non-hydrogen) atoms. The number of methoxy groups -OCH3 is 1. The summed E-state index contributed by atoms with van der Waals surface area (Å²) >= 11 is 0. The first-order chi connectivity index (χ1) is 18.9. The standard InChI is InChI=1S/C31H39N3O5S/c1-22(2)19-32-31(36)25(5)33(20-26-15-12-23(3)13-16-26)30(35)21-34(28-18-24(4)14-17-29(28)39-6)40(37,38)27-10-8-7-9-11-27/h7-18,22,25H,19-21H2,1-6H3,(H,32,36)/t25-/m1/s1. The lowest BCUT2D eigenvalue weighted by Crippen LogP contribution is -2.51. The van der Waals surface area contributed by atoms with Crippen LogP contribution in [0.5, 0.6) is 5.75 Å². The van der Waals surface area contributed by atoms with Crippen LogP contribution >= 0.6 is 0 Å². The van der Waals surface area contributed by atoms with Gasteiger partial charge < -0.3 is 15.0 Å². The summed E-state index contributed by atoms with van der Waals surface area (Å²) in [4.78, 5) is 28.6. The Labute approximate surface area is 238 Å². The van der Waals surface area contributed by atoms with Gasteiger partial charge in [0.25, 0.3) is 10.0 Å². The predicted molar refractivity (Wildman–Crippen MR) is 158 cm³/mol. The van der Waals surface area contributed by atoms with Crippen molar-refractivity contribution >= 4 is 27.5 Å². The molecule has 214 valence electrons. The number of hydrogen-bond acceptors (Lipinski definition) is 5. The number of aryl methyl sites for hydroxylation is 2. The Kier molecular flexibility index (Phi) is 10.3. The quantitative estimate of drug-likeness (QED) is 0.344. The molecular formula is C31H39N3O5S. The van der Waals surface area contributed by atoms with Crippen molar-refractivity contribution in [1.29, 1.82) is 0 Å². The summed E-state index contributed by atoms with van der Waals surface area (Å²) in [5, 5.41) is 2.89. The Morgan fingerprint density at radius 2 is 1.52 bits per heavy atom. The summed E-state index contributed by atoms with van der Waals surface area (Å²) < 4.78 is 34.5. The third kappa shape index (κ3) is 7.63. The van der Waals surface area contributed by atoms with Gasteiger partial charge in [0.2, 0.25) is 11.8 Å². The number of benzene rings is 3. The molecule has 0 heterocycles. The zero-order chi connectivity index (χ0) is 29.4. The van der Waals surface area contributed by atoms with Crippen LogP contribution in [0, 0.1) is 19.8 Å². The van der Waals surface area contributed by atoms with Gasteiger partial charge in [-0.05, 0) is 62.1 Å². The number of carbonyl (C=O) groups is 2. The Hall–Kier alpha value is -3.85. The number of nitrogens with one attached hydrogen (secondary N) is 1. The monoisotopic (exact) mass is 565 g/mol. The first-order valence-electron chi connectivity index (χ1n) is 13.3. The molecule has 9 heteroatoms. The molecule has 8 nitrogen and oxygen atoms in total. The second-order valence-electron chi connectivity index (χ2n) is 10.3. The zero-order valence-electron chi connectivity index (χ0n) is 24.0. The summed E-state index contributed by atoms with van der Waals surface area (Å²) in [6.45, 7) is 9.52. The SMILES string of the molecule is COc1ccc(C)cc1N(CC(=O)N(Cc1ccc(C)cc1)[C@H](C)C(=O)NCC(C)C)S(=O)(=O)c1ccccc1. The van der Waals surface area contributed by atoms with Crippen molar-refractivity contribution in [3.8, 4) is 5.75 Å². The van der Waals surface area contributed by atoms with Crippen molar-refractivity contribution in [2.75, 3.05) is 24.5 Å². The van der Waals surface area contributed by atoms with Crippen LogP contribution in [0.15, 0.2) is 77.7 Å². The van der Waals surface area contributed by atoms with Crippen molar-refractivity contribution in [3.63, 3.8) is 0 Å². The fourth-order valence-corrected chi connectivity index (χ4v) is 5.59. The fourth-order valence-electron chi connectivity index (χ4n) is 4.15. The van der Waals surface area contributed by atoms with Crippen LogP contribution < -0.4 is 14.4 Å². The van der Waals surface area contributed by atoms with Gasteiger partial charge in [0.05, 0.1) is 17.7 Å². The van der Waals surface area contributed by atoms with Crippen LogP contribution in [0.4, 0.5) is 5.69 Å². The van der Waals surface area contributed by atoms with Crippen LogP contribution in [0.3, 0.4) is 0 Å². The lowest BCUT2D eigenvalue weighted by Gasteiger charge is -2.32.